The van der Waals surface area contributed by atoms with Crippen LogP contribution in [0.3, 0.4) is 0 Å². The van der Waals surface area contributed by atoms with Crippen molar-refractivity contribution in [3.63, 3.8) is 0 Å². The van der Waals surface area contributed by atoms with Gasteiger partial charge in [-0.05, 0) is 0 Å². The van der Waals surface area contributed by atoms with Crippen LogP contribution in [0, 0.1) is 0 Å². The minimum Gasteiger partial charge on any atom is 0 e. The molecule has 3 radical (unpaired) electrons. The Morgan fingerprint density at radius 1 is 1.25 bits per heavy atom. The summed E-state index contributed by atoms with van der Waals surface area (Å²) in [5.41, 5.74) is 0. The molecule has 0 rings (SSSR count). The van der Waals surface area contributed by atoms with E-state index in [2.05, 4.69) is 0 Å². The average Bonchev–Trinajstić information content (AvgIpc) is 1.00. The zero-order chi connectivity index (χ0) is 2.00. The monoisotopic (exact) mass is 161 g/mol. The van der Waals surface area contributed by atoms with E-state index < -0.39 is 0 Å². The maximum absolute atomic E-state index is 8.25. The van der Waals surface area contributed by atoms with Gasteiger partial charge in [0.05, 0.1) is 0 Å². The Labute approximate surface area is 58.3 Å². The van der Waals surface area contributed by atoms with Crippen molar-refractivity contribution < 1.29 is 23.3 Å². The SMILES string of the molecule is [Li].[O]=[Ge].[Zn]. The van der Waals surface area contributed by atoms with Crippen molar-refractivity contribution in [2.75, 3.05) is 0 Å². The van der Waals surface area contributed by atoms with Gasteiger partial charge in [-0.3, -0.25) is 0 Å². The number of hydrogen-bond donors (Lipinski definition) is 0. The summed E-state index contributed by atoms with van der Waals surface area (Å²) in [5.74, 6) is 0. The van der Waals surface area contributed by atoms with E-state index in [0.717, 1.165) is 16.5 Å². The van der Waals surface area contributed by atoms with Gasteiger partial charge in [0.15, 0.2) is 0 Å². The van der Waals surface area contributed by atoms with Crippen molar-refractivity contribution in [2.24, 2.45) is 0 Å². The Kier molecular flexibility index (Phi) is 104. The van der Waals surface area contributed by atoms with Crippen LogP contribution in [-0.2, 0) is 23.3 Å². The van der Waals surface area contributed by atoms with Crippen LogP contribution in [0.5, 0.6) is 0 Å². The molecule has 1 nitrogen and oxygen atoms in total. The van der Waals surface area contributed by atoms with Crippen LogP contribution in [0.1, 0.15) is 0 Å². The fraction of sp³-hybridized carbons (Fsp3) is 0. The van der Waals surface area contributed by atoms with Crippen LogP contribution in [0.25, 0.3) is 0 Å². The summed E-state index contributed by atoms with van der Waals surface area (Å²) < 4.78 is 8.25. The van der Waals surface area contributed by atoms with Gasteiger partial charge in [-0.15, -0.1) is 0 Å². The summed E-state index contributed by atoms with van der Waals surface area (Å²) >= 11 is 0.750. The zero-order valence-corrected chi connectivity index (χ0v) is 7.68. The topological polar surface area (TPSA) is 17.1 Å². The molecular formula is GeLiOZn. The van der Waals surface area contributed by atoms with Crippen LogP contribution < -0.4 is 0 Å². The number of hydrogen-bond acceptors (Lipinski definition) is 1. The fourth-order valence-electron chi connectivity index (χ4n) is 0. The molecule has 0 bridgehead atoms. The van der Waals surface area contributed by atoms with Crippen LogP contribution in [0.15, 0.2) is 0 Å². The molecule has 0 saturated heterocycles. The van der Waals surface area contributed by atoms with Crippen molar-refractivity contribution in [2.45, 2.75) is 0 Å². The van der Waals surface area contributed by atoms with Crippen LogP contribution in [-0.4, -0.2) is 35.3 Å². The predicted octanol–water partition coefficient (Wildman–Crippen LogP) is -0.883. The normalized spacial score (nSPS) is 1.00. The molecule has 0 amide bonds. The predicted molar refractivity (Wildman–Crippen MR) is 12.2 cm³/mol. The van der Waals surface area contributed by atoms with E-state index in [1.54, 1.807) is 0 Å². The first kappa shape index (κ1) is 17.6. The Balaban J connectivity index is -0.00000000500. The molecule has 0 heterocycles. The first-order valence-corrected chi connectivity index (χ1v) is 1.06. The van der Waals surface area contributed by atoms with Gasteiger partial charge in [-0.1, -0.05) is 0 Å². The van der Waals surface area contributed by atoms with E-state index in [1.165, 1.54) is 0 Å². The molecule has 0 aliphatic heterocycles. The quantitative estimate of drug-likeness (QED) is 0.421. The van der Waals surface area contributed by atoms with Gasteiger partial charge in [0.1, 0.15) is 0 Å². The molecule has 0 aliphatic rings. The van der Waals surface area contributed by atoms with Gasteiger partial charge in [0.2, 0.25) is 0 Å². The van der Waals surface area contributed by atoms with Crippen molar-refractivity contribution >= 4 is 35.3 Å². The molecule has 0 aromatic heterocycles. The minimum atomic E-state index is 0. The largest absolute Gasteiger partial charge is 0 e. The molecule has 13 valence electrons. The molecule has 4 heteroatoms. The molecule has 0 saturated carbocycles. The van der Waals surface area contributed by atoms with Crippen molar-refractivity contribution in [1.82, 2.24) is 0 Å². The maximum Gasteiger partial charge on any atom is 0 e. The van der Waals surface area contributed by atoms with E-state index in [4.69, 9.17) is 3.78 Å². The maximum atomic E-state index is 8.25. The average molecular weight is 161 g/mol. The second kappa shape index (κ2) is 23.7. The Morgan fingerprint density at radius 2 is 1.25 bits per heavy atom. The van der Waals surface area contributed by atoms with Crippen LogP contribution in [0.2, 0.25) is 0 Å². The van der Waals surface area contributed by atoms with E-state index in [0.29, 0.717) is 0 Å². The first-order chi connectivity index (χ1) is 1.00. The summed E-state index contributed by atoms with van der Waals surface area (Å²) in [7, 11) is 0. The second-order valence-electron chi connectivity index (χ2n) is 0. The molecule has 0 atom stereocenters. The Morgan fingerprint density at radius 3 is 1.25 bits per heavy atom. The van der Waals surface area contributed by atoms with Gasteiger partial charge < -0.3 is 0 Å². The van der Waals surface area contributed by atoms with Crippen molar-refractivity contribution in [3.05, 3.63) is 0 Å². The zero-order valence-electron chi connectivity index (χ0n) is 2.62. The third-order valence-corrected chi connectivity index (χ3v) is 0. The minimum absolute atomic E-state index is 0. The molecule has 0 unspecified atom stereocenters. The summed E-state index contributed by atoms with van der Waals surface area (Å²) in [6.45, 7) is 0. The number of rotatable bonds is 0. The van der Waals surface area contributed by atoms with E-state index in [9.17, 15) is 0 Å². The van der Waals surface area contributed by atoms with Gasteiger partial charge in [-0.2, -0.15) is 0 Å². The van der Waals surface area contributed by atoms with Crippen LogP contribution in [0.4, 0.5) is 0 Å². The molecule has 0 spiro atoms. The summed E-state index contributed by atoms with van der Waals surface area (Å²) in [5, 5.41) is 0. The van der Waals surface area contributed by atoms with E-state index in [-0.39, 0.29) is 38.3 Å². The first-order valence-electron chi connectivity index (χ1n) is 0.204. The third-order valence-electron chi connectivity index (χ3n) is 0. The molecular weight excluding hydrogens is 161 g/mol. The molecule has 0 aromatic carbocycles. The standard InChI is InChI=1S/GeO.Li.Zn/c1-2;;. The Hall–Kier alpha value is 1.56. The molecule has 0 fully saturated rings. The summed E-state index contributed by atoms with van der Waals surface area (Å²) in [6.07, 6.45) is 0. The van der Waals surface area contributed by atoms with E-state index >= 15 is 0 Å². The third kappa shape index (κ3) is 9.58. The van der Waals surface area contributed by atoms with E-state index in [1.807, 2.05) is 0 Å². The summed E-state index contributed by atoms with van der Waals surface area (Å²) in [6, 6.07) is 0. The smallest absolute Gasteiger partial charge is 0 e. The fourth-order valence-corrected chi connectivity index (χ4v) is 0. The van der Waals surface area contributed by atoms with Crippen molar-refractivity contribution in [3.8, 4) is 0 Å². The second-order valence-corrected chi connectivity index (χ2v) is 0. The van der Waals surface area contributed by atoms with Gasteiger partial charge in [0.25, 0.3) is 0 Å². The molecule has 4 heavy (non-hydrogen) atoms. The van der Waals surface area contributed by atoms with Gasteiger partial charge in [0, 0.05) is 38.3 Å². The van der Waals surface area contributed by atoms with Gasteiger partial charge >= 0.3 is 20.2 Å². The van der Waals surface area contributed by atoms with Crippen LogP contribution >= 0.6 is 0 Å². The molecule has 0 N–H and O–H groups in total. The van der Waals surface area contributed by atoms with Gasteiger partial charge in [-0.25, -0.2) is 0 Å². The Bertz CT molecular complexity index is 8.00. The summed E-state index contributed by atoms with van der Waals surface area (Å²) in [4.78, 5) is 0. The van der Waals surface area contributed by atoms with Crippen molar-refractivity contribution in [1.29, 1.82) is 0 Å². The molecule has 0 aliphatic carbocycles. The molecule has 0 aromatic rings.